The summed E-state index contributed by atoms with van der Waals surface area (Å²) in [6.45, 7) is 4.86. The molecule has 2 rings (SSSR count). The van der Waals surface area contributed by atoms with E-state index in [2.05, 4.69) is 13.0 Å². The van der Waals surface area contributed by atoms with Gasteiger partial charge in [0.15, 0.2) is 5.75 Å². The van der Waals surface area contributed by atoms with Crippen molar-refractivity contribution in [2.24, 2.45) is 0 Å². The Labute approximate surface area is 153 Å². The Morgan fingerprint density at radius 3 is 2.31 bits per heavy atom. The van der Waals surface area contributed by atoms with Crippen LogP contribution in [0.3, 0.4) is 0 Å². The van der Waals surface area contributed by atoms with Gasteiger partial charge in [0.05, 0.1) is 13.2 Å². The lowest BCUT2D eigenvalue weighted by Crippen LogP contribution is -2.08. The van der Waals surface area contributed by atoms with E-state index >= 15 is 0 Å². The van der Waals surface area contributed by atoms with Crippen LogP contribution in [0.4, 0.5) is 0 Å². The number of fused-ring (bicyclic) bond motifs is 1. The molecule has 0 unspecified atom stereocenters. The second-order valence-electron chi connectivity index (χ2n) is 5.73. The molecule has 0 spiro atoms. The number of ether oxygens (including phenoxy) is 2. The lowest BCUT2D eigenvalue weighted by molar-refractivity contribution is 0.288. The molecule has 0 fully saturated rings. The lowest BCUT2D eigenvalue weighted by Gasteiger charge is -2.11. The van der Waals surface area contributed by atoms with Crippen LogP contribution in [-0.4, -0.2) is 18.3 Å². The molecular formula is C21H26O5. The second-order valence-corrected chi connectivity index (χ2v) is 5.73. The molecule has 5 nitrogen and oxygen atoms in total. The maximum Gasteiger partial charge on any atom is 0.383 e. The second kappa shape index (κ2) is 10.3. The fourth-order valence-electron chi connectivity index (χ4n) is 2.47. The van der Waals surface area contributed by atoms with Gasteiger partial charge in [-0.05, 0) is 37.8 Å². The normalized spacial score (nSPS) is 11.6. The molecule has 0 atom stereocenters. The highest BCUT2D eigenvalue weighted by atomic mass is 16.5. The van der Waals surface area contributed by atoms with Crippen molar-refractivity contribution in [1.29, 1.82) is 0 Å². The van der Waals surface area contributed by atoms with Gasteiger partial charge in [0.1, 0.15) is 16.7 Å². The van der Waals surface area contributed by atoms with Crippen LogP contribution in [0.15, 0.2) is 51.7 Å². The highest BCUT2D eigenvalue weighted by molar-refractivity contribution is 5.91. The quantitative estimate of drug-likeness (QED) is 0.369. The van der Waals surface area contributed by atoms with E-state index in [0.29, 0.717) is 24.2 Å². The van der Waals surface area contributed by atoms with Gasteiger partial charge in [-0.3, -0.25) is 0 Å². The summed E-state index contributed by atoms with van der Waals surface area (Å²) in [4.78, 5) is 12.1. The van der Waals surface area contributed by atoms with Gasteiger partial charge in [0.2, 0.25) is 5.75 Å². The molecule has 0 amide bonds. The molecule has 5 heteroatoms. The summed E-state index contributed by atoms with van der Waals surface area (Å²) in [7, 11) is 0. The molecule has 1 aromatic heterocycles. The summed E-state index contributed by atoms with van der Waals surface area (Å²) < 4.78 is 16.5. The van der Waals surface area contributed by atoms with Crippen molar-refractivity contribution < 1.29 is 19.0 Å². The lowest BCUT2D eigenvalue weighted by atomic mass is 10.2. The van der Waals surface area contributed by atoms with Crippen LogP contribution in [-0.2, 0) is 0 Å². The van der Waals surface area contributed by atoms with E-state index in [1.165, 1.54) is 0 Å². The van der Waals surface area contributed by atoms with Crippen molar-refractivity contribution in [2.45, 2.75) is 39.5 Å². The van der Waals surface area contributed by atoms with E-state index in [-0.39, 0.29) is 23.7 Å². The van der Waals surface area contributed by atoms with E-state index < -0.39 is 5.63 Å². The van der Waals surface area contributed by atoms with E-state index in [4.69, 9.17) is 13.9 Å². The number of hydrogen-bond donors (Lipinski definition) is 1. The smallest absolute Gasteiger partial charge is 0.383 e. The van der Waals surface area contributed by atoms with Crippen LogP contribution in [0.2, 0.25) is 0 Å². The van der Waals surface area contributed by atoms with Crippen molar-refractivity contribution >= 4 is 11.0 Å². The molecule has 0 saturated carbocycles. The molecule has 1 N–H and O–H groups in total. The van der Waals surface area contributed by atoms with Crippen molar-refractivity contribution in [3.63, 3.8) is 0 Å². The summed E-state index contributed by atoms with van der Waals surface area (Å²) >= 11 is 0. The molecule has 0 bridgehead atoms. The standard InChI is InChI=1S/C21H26O5/c1-3-5-7-9-14-24-16-12-11-13-17-18(16)19(22)20(21(23)26-17)25-15-10-8-6-4-2/h5-8,11-13,22H,3-4,9-10,14-15H2,1-2H3. The zero-order chi connectivity index (χ0) is 18.8. The third-order valence-corrected chi connectivity index (χ3v) is 3.71. The first-order chi connectivity index (χ1) is 12.7. The molecule has 0 radical (unpaired) electrons. The molecule has 1 aromatic carbocycles. The zero-order valence-electron chi connectivity index (χ0n) is 15.4. The Kier molecular flexibility index (Phi) is 7.80. The Balaban J connectivity index is 2.22. The number of allylic oxidation sites excluding steroid dienone is 2. The van der Waals surface area contributed by atoms with E-state index in [9.17, 15) is 9.90 Å². The first kappa shape index (κ1) is 19.6. The molecule has 140 valence electrons. The van der Waals surface area contributed by atoms with Crippen molar-refractivity contribution in [2.75, 3.05) is 13.2 Å². The van der Waals surface area contributed by atoms with Crippen LogP contribution in [0.25, 0.3) is 11.0 Å². The van der Waals surface area contributed by atoms with Gasteiger partial charge in [-0.25, -0.2) is 4.79 Å². The van der Waals surface area contributed by atoms with Crippen LogP contribution in [0.5, 0.6) is 17.2 Å². The van der Waals surface area contributed by atoms with Crippen molar-refractivity contribution in [3.8, 4) is 17.2 Å². The van der Waals surface area contributed by atoms with E-state index in [1.54, 1.807) is 18.2 Å². The Bertz CT molecular complexity index is 817. The van der Waals surface area contributed by atoms with Gasteiger partial charge < -0.3 is 19.0 Å². The van der Waals surface area contributed by atoms with Crippen LogP contribution in [0, 0.1) is 0 Å². The summed E-state index contributed by atoms with van der Waals surface area (Å²) in [5.74, 6) is 0.0455. The first-order valence-corrected chi connectivity index (χ1v) is 9.03. The Morgan fingerprint density at radius 2 is 1.65 bits per heavy atom. The maximum absolute atomic E-state index is 12.1. The van der Waals surface area contributed by atoms with Gasteiger partial charge in [-0.15, -0.1) is 0 Å². The highest BCUT2D eigenvalue weighted by Crippen LogP contribution is 2.37. The monoisotopic (exact) mass is 358 g/mol. The molecule has 2 aromatic rings. The van der Waals surface area contributed by atoms with Gasteiger partial charge in [0.25, 0.3) is 0 Å². The number of aromatic hydroxyl groups is 1. The van der Waals surface area contributed by atoms with Crippen LogP contribution < -0.4 is 15.1 Å². The predicted octanol–water partition coefficient (Wildman–Crippen LogP) is 4.97. The summed E-state index contributed by atoms with van der Waals surface area (Å²) in [6.07, 6.45) is 11.4. The summed E-state index contributed by atoms with van der Waals surface area (Å²) in [6, 6.07) is 5.07. The molecular weight excluding hydrogens is 332 g/mol. The third-order valence-electron chi connectivity index (χ3n) is 3.71. The topological polar surface area (TPSA) is 68.9 Å². The maximum atomic E-state index is 12.1. The Hall–Kier alpha value is -2.69. The molecule has 0 saturated heterocycles. The molecule has 26 heavy (non-hydrogen) atoms. The van der Waals surface area contributed by atoms with Gasteiger partial charge in [-0.2, -0.15) is 0 Å². The third kappa shape index (κ3) is 5.15. The number of rotatable bonds is 10. The molecule has 0 aliphatic heterocycles. The zero-order valence-corrected chi connectivity index (χ0v) is 15.4. The molecule has 0 aliphatic carbocycles. The minimum atomic E-state index is -0.697. The number of hydrogen-bond acceptors (Lipinski definition) is 5. The summed E-state index contributed by atoms with van der Waals surface area (Å²) in [5, 5.41) is 10.9. The summed E-state index contributed by atoms with van der Waals surface area (Å²) in [5.41, 5.74) is -0.426. The number of benzene rings is 1. The van der Waals surface area contributed by atoms with Crippen LogP contribution in [0.1, 0.15) is 39.5 Å². The first-order valence-electron chi connectivity index (χ1n) is 9.03. The van der Waals surface area contributed by atoms with Gasteiger partial charge in [0, 0.05) is 0 Å². The SMILES string of the molecule is CCC=CCCOc1c(O)c2c(OCCC=CCC)cccc2oc1=O. The highest BCUT2D eigenvalue weighted by Gasteiger charge is 2.18. The van der Waals surface area contributed by atoms with Crippen molar-refractivity contribution in [3.05, 3.63) is 52.9 Å². The fourth-order valence-corrected chi connectivity index (χ4v) is 2.47. The van der Waals surface area contributed by atoms with Gasteiger partial charge in [-0.1, -0.05) is 44.2 Å². The fraction of sp³-hybridized carbons (Fsp3) is 0.381. The Morgan fingerprint density at radius 1 is 1.00 bits per heavy atom. The van der Waals surface area contributed by atoms with Crippen LogP contribution >= 0.6 is 0 Å². The average Bonchev–Trinajstić information content (AvgIpc) is 2.63. The molecule has 1 heterocycles. The minimum Gasteiger partial charge on any atom is -0.503 e. The predicted molar refractivity (Wildman–Crippen MR) is 103 cm³/mol. The average molecular weight is 358 g/mol. The van der Waals surface area contributed by atoms with E-state index in [0.717, 1.165) is 19.3 Å². The largest absolute Gasteiger partial charge is 0.503 e. The molecule has 0 aliphatic rings. The van der Waals surface area contributed by atoms with Gasteiger partial charge >= 0.3 is 5.63 Å². The van der Waals surface area contributed by atoms with Crippen molar-refractivity contribution in [1.82, 2.24) is 0 Å². The minimum absolute atomic E-state index is 0.177. The van der Waals surface area contributed by atoms with E-state index in [1.807, 2.05) is 25.2 Å².